The molecular weight excluding hydrogens is 436 g/mol. The summed E-state index contributed by atoms with van der Waals surface area (Å²) in [6.45, 7) is 4.66. The van der Waals surface area contributed by atoms with Crippen molar-refractivity contribution in [1.82, 2.24) is 9.62 Å². The van der Waals surface area contributed by atoms with Gasteiger partial charge in [0.2, 0.25) is 10.0 Å². The van der Waals surface area contributed by atoms with Crippen molar-refractivity contribution in [2.75, 3.05) is 13.1 Å². The first-order valence-electron chi connectivity index (χ1n) is 8.49. The number of rotatable bonds is 5. The van der Waals surface area contributed by atoms with Gasteiger partial charge in [-0.25, -0.2) is 13.1 Å². The molecule has 2 aromatic rings. The van der Waals surface area contributed by atoms with Gasteiger partial charge in [0.15, 0.2) is 0 Å². The lowest BCUT2D eigenvalue weighted by Gasteiger charge is -2.32. The highest BCUT2D eigenvalue weighted by Crippen LogP contribution is 2.24. The van der Waals surface area contributed by atoms with Gasteiger partial charge in [0.25, 0.3) is 0 Å². The second-order valence-corrected chi connectivity index (χ2v) is 9.13. The number of likely N-dealkylation sites (tertiary alicyclic amines) is 1. The number of hydrogen-bond acceptors (Lipinski definition) is 3. The maximum absolute atomic E-state index is 12.7. The van der Waals surface area contributed by atoms with Gasteiger partial charge >= 0.3 is 0 Å². The number of nitrogens with zero attached hydrogens (tertiary/aromatic N) is 1. The zero-order chi connectivity index (χ0) is 17.9. The number of piperidine rings is 1. The van der Waals surface area contributed by atoms with E-state index in [9.17, 15) is 8.42 Å². The summed E-state index contributed by atoms with van der Waals surface area (Å²) in [4.78, 5) is 2.69. The molecule has 0 amide bonds. The van der Waals surface area contributed by atoms with Crippen molar-refractivity contribution in [1.29, 1.82) is 0 Å². The van der Waals surface area contributed by atoms with Gasteiger partial charge in [0.05, 0.1) is 4.90 Å². The molecule has 1 aliphatic heterocycles. The molecule has 4 nitrogen and oxygen atoms in total. The largest absolute Gasteiger partial charge is 0.299 e. The smallest absolute Gasteiger partial charge is 0.241 e. The summed E-state index contributed by atoms with van der Waals surface area (Å²) in [6, 6.07) is 15.7. The Morgan fingerprint density at radius 3 is 2.38 bits per heavy atom. The van der Waals surface area contributed by atoms with Crippen LogP contribution >= 0.6 is 28.3 Å². The zero-order valence-corrected chi connectivity index (χ0v) is 17.9. The summed E-state index contributed by atoms with van der Waals surface area (Å²) in [7, 11) is -3.50. The van der Waals surface area contributed by atoms with Crippen LogP contribution in [0.3, 0.4) is 0 Å². The molecule has 26 heavy (non-hydrogen) atoms. The van der Waals surface area contributed by atoms with Gasteiger partial charge in [-0.1, -0.05) is 36.4 Å². The topological polar surface area (TPSA) is 49.4 Å². The SMILES string of the molecule is Cc1ccc(S(=O)(=O)NC2CCN(Cc3ccccc3)CC2)c(Br)c1.Cl. The van der Waals surface area contributed by atoms with E-state index in [0.29, 0.717) is 9.37 Å². The molecular formula is C19H24BrClN2O2S. The molecule has 1 heterocycles. The van der Waals surface area contributed by atoms with Crippen molar-refractivity contribution in [3.05, 3.63) is 64.1 Å². The van der Waals surface area contributed by atoms with Gasteiger partial charge in [0, 0.05) is 30.1 Å². The highest BCUT2D eigenvalue weighted by atomic mass is 79.9. The van der Waals surface area contributed by atoms with Crippen LogP contribution in [0.1, 0.15) is 24.0 Å². The van der Waals surface area contributed by atoms with E-state index in [1.54, 1.807) is 6.07 Å². The number of benzene rings is 2. The molecule has 0 aromatic heterocycles. The number of nitrogens with one attached hydrogen (secondary N) is 1. The molecule has 1 fully saturated rings. The molecule has 1 N–H and O–H groups in total. The van der Waals surface area contributed by atoms with Crippen LogP contribution in [0.15, 0.2) is 57.9 Å². The number of hydrogen-bond donors (Lipinski definition) is 1. The Hall–Kier alpha value is -0.920. The van der Waals surface area contributed by atoms with E-state index < -0.39 is 10.0 Å². The van der Waals surface area contributed by atoms with Crippen LogP contribution in [0.5, 0.6) is 0 Å². The fraction of sp³-hybridized carbons (Fsp3) is 0.368. The molecule has 0 bridgehead atoms. The summed E-state index contributed by atoms with van der Waals surface area (Å²) >= 11 is 3.37. The Bertz CT molecular complexity index is 823. The predicted molar refractivity (Wildman–Crippen MR) is 111 cm³/mol. The average Bonchev–Trinajstić information content (AvgIpc) is 2.57. The van der Waals surface area contributed by atoms with Crippen LogP contribution in [-0.4, -0.2) is 32.4 Å². The van der Waals surface area contributed by atoms with Crippen molar-refractivity contribution in [2.24, 2.45) is 0 Å². The van der Waals surface area contributed by atoms with Crippen molar-refractivity contribution >= 4 is 38.4 Å². The van der Waals surface area contributed by atoms with E-state index in [-0.39, 0.29) is 18.4 Å². The molecule has 7 heteroatoms. The molecule has 0 saturated carbocycles. The summed E-state index contributed by atoms with van der Waals surface area (Å²) in [5.41, 5.74) is 2.32. The van der Waals surface area contributed by atoms with Crippen LogP contribution in [-0.2, 0) is 16.6 Å². The van der Waals surface area contributed by atoms with Crippen LogP contribution in [0.4, 0.5) is 0 Å². The van der Waals surface area contributed by atoms with Gasteiger partial charge in [-0.2, -0.15) is 0 Å². The van der Waals surface area contributed by atoms with Gasteiger partial charge in [-0.05, 0) is 59.0 Å². The number of halogens is 2. The standard InChI is InChI=1S/C19H23BrN2O2S.ClH/c1-15-7-8-19(18(20)13-15)25(23,24)21-17-9-11-22(12-10-17)14-16-5-3-2-4-6-16;/h2-8,13,17,21H,9-12,14H2,1H3;1H. The van der Waals surface area contributed by atoms with Crippen LogP contribution < -0.4 is 4.72 Å². The monoisotopic (exact) mass is 458 g/mol. The fourth-order valence-corrected chi connectivity index (χ4v) is 5.65. The third kappa shape index (κ3) is 5.54. The highest BCUT2D eigenvalue weighted by molar-refractivity contribution is 9.10. The van der Waals surface area contributed by atoms with Gasteiger partial charge in [-0.3, -0.25) is 4.90 Å². The third-order valence-corrected chi connectivity index (χ3v) is 7.03. The van der Waals surface area contributed by atoms with Crippen LogP contribution in [0.2, 0.25) is 0 Å². The highest BCUT2D eigenvalue weighted by Gasteiger charge is 2.25. The van der Waals surface area contributed by atoms with Crippen molar-refractivity contribution in [2.45, 2.75) is 37.2 Å². The normalized spacial score (nSPS) is 16.2. The Kier molecular flexibility index (Phi) is 7.67. The number of aryl methyl sites for hydroxylation is 1. The Morgan fingerprint density at radius 2 is 1.77 bits per heavy atom. The van der Waals surface area contributed by atoms with Gasteiger partial charge < -0.3 is 0 Å². The molecule has 1 saturated heterocycles. The molecule has 0 atom stereocenters. The third-order valence-electron chi connectivity index (χ3n) is 4.54. The van der Waals surface area contributed by atoms with E-state index in [1.165, 1.54) is 5.56 Å². The van der Waals surface area contributed by atoms with Crippen molar-refractivity contribution < 1.29 is 8.42 Å². The maximum atomic E-state index is 12.7. The first kappa shape index (κ1) is 21.4. The first-order chi connectivity index (χ1) is 11.9. The van der Waals surface area contributed by atoms with Crippen molar-refractivity contribution in [3.63, 3.8) is 0 Å². The molecule has 1 aliphatic rings. The Morgan fingerprint density at radius 1 is 1.12 bits per heavy atom. The molecule has 0 unspecified atom stereocenters. The Balaban J connectivity index is 0.00000243. The summed E-state index contributed by atoms with van der Waals surface area (Å²) in [5, 5.41) is 0. The molecule has 142 valence electrons. The number of sulfonamides is 1. The summed E-state index contributed by atoms with van der Waals surface area (Å²) < 4.78 is 28.8. The van der Waals surface area contributed by atoms with Crippen LogP contribution in [0, 0.1) is 6.92 Å². The average molecular weight is 460 g/mol. The minimum Gasteiger partial charge on any atom is -0.299 e. The second kappa shape index (κ2) is 9.33. The van der Waals surface area contributed by atoms with Gasteiger partial charge in [0.1, 0.15) is 0 Å². The zero-order valence-electron chi connectivity index (χ0n) is 14.7. The second-order valence-electron chi connectivity index (χ2n) is 6.59. The van der Waals surface area contributed by atoms with E-state index in [2.05, 4.69) is 49.8 Å². The molecule has 0 spiro atoms. The lowest BCUT2D eigenvalue weighted by atomic mass is 10.1. The van der Waals surface area contributed by atoms with Crippen LogP contribution in [0.25, 0.3) is 0 Å². The quantitative estimate of drug-likeness (QED) is 0.731. The molecule has 2 aromatic carbocycles. The molecule has 0 radical (unpaired) electrons. The molecule has 3 rings (SSSR count). The fourth-order valence-electron chi connectivity index (χ4n) is 3.16. The van der Waals surface area contributed by atoms with Gasteiger partial charge in [-0.15, -0.1) is 12.4 Å². The summed E-state index contributed by atoms with van der Waals surface area (Å²) in [6.07, 6.45) is 1.66. The van der Waals surface area contributed by atoms with Crippen molar-refractivity contribution in [3.8, 4) is 0 Å². The lowest BCUT2D eigenvalue weighted by Crippen LogP contribution is -2.44. The summed E-state index contributed by atoms with van der Waals surface area (Å²) in [5.74, 6) is 0. The predicted octanol–water partition coefficient (Wildman–Crippen LogP) is 4.12. The van der Waals surface area contributed by atoms with E-state index in [0.717, 1.165) is 38.0 Å². The molecule has 0 aliphatic carbocycles. The maximum Gasteiger partial charge on any atom is 0.241 e. The Labute approximate surface area is 170 Å². The van der Waals surface area contributed by atoms with E-state index in [1.807, 2.05) is 25.1 Å². The first-order valence-corrected chi connectivity index (χ1v) is 10.8. The minimum absolute atomic E-state index is 0. The lowest BCUT2D eigenvalue weighted by molar-refractivity contribution is 0.200. The van der Waals surface area contributed by atoms with E-state index >= 15 is 0 Å². The van der Waals surface area contributed by atoms with E-state index in [4.69, 9.17) is 0 Å². The minimum atomic E-state index is -3.50.